The largest absolute Gasteiger partial charge is 0.465 e. The van der Waals surface area contributed by atoms with Gasteiger partial charge < -0.3 is 14.4 Å². The zero-order valence-corrected chi connectivity index (χ0v) is 12.5. The molecule has 2 aromatic rings. The van der Waals surface area contributed by atoms with Gasteiger partial charge >= 0.3 is 5.97 Å². The first-order chi connectivity index (χ1) is 10.0. The van der Waals surface area contributed by atoms with E-state index in [0.29, 0.717) is 12.1 Å². The smallest absolute Gasteiger partial charge is 0.339 e. The Bertz CT molecular complexity index is 602. The van der Waals surface area contributed by atoms with E-state index in [-0.39, 0.29) is 5.92 Å². The number of methoxy groups -OCH3 is 1. The number of esters is 1. The third-order valence-electron chi connectivity index (χ3n) is 3.34. The number of ether oxygens (including phenoxy) is 1. The first-order valence-electron chi connectivity index (χ1n) is 6.88. The van der Waals surface area contributed by atoms with E-state index in [2.05, 4.69) is 9.72 Å². The Morgan fingerprint density at radius 2 is 2.14 bits per heavy atom. The standard InChI is InChI=1S/C16H20N2O3/c1-11(2)15(19)13-6-7-18(9-13)10-14-5-4-12(8-17-14)16(20)21-3/h4-9,11,15,19H,10H2,1-3H3. The third-order valence-corrected chi connectivity index (χ3v) is 3.34. The number of nitrogens with zero attached hydrogens (tertiary/aromatic N) is 2. The maximum Gasteiger partial charge on any atom is 0.339 e. The molecule has 1 unspecified atom stereocenters. The van der Waals surface area contributed by atoms with Gasteiger partial charge in [0.05, 0.1) is 31.0 Å². The summed E-state index contributed by atoms with van der Waals surface area (Å²) in [4.78, 5) is 15.6. The second-order valence-corrected chi connectivity index (χ2v) is 5.34. The molecule has 0 saturated heterocycles. The summed E-state index contributed by atoms with van der Waals surface area (Å²) in [6.07, 6.45) is 4.88. The van der Waals surface area contributed by atoms with Gasteiger partial charge in [0.25, 0.3) is 0 Å². The zero-order valence-electron chi connectivity index (χ0n) is 12.5. The number of pyridine rings is 1. The lowest BCUT2D eigenvalue weighted by atomic mass is 10.0. The minimum atomic E-state index is -0.457. The fourth-order valence-corrected chi connectivity index (χ4v) is 2.06. The van der Waals surface area contributed by atoms with Crippen LogP contribution in [0.5, 0.6) is 0 Å². The second kappa shape index (κ2) is 6.54. The Morgan fingerprint density at radius 1 is 1.38 bits per heavy atom. The molecular weight excluding hydrogens is 268 g/mol. The Hall–Kier alpha value is -2.14. The van der Waals surface area contributed by atoms with Crippen molar-refractivity contribution in [1.29, 1.82) is 0 Å². The minimum absolute atomic E-state index is 0.179. The minimum Gasteiger partial charge on any atom is -0.465 e. The summed E-state index contributed by atoms with van der Waals surface area (Å²) in [6, 6.07) is 5.40. The quantitative estimate of drug-likeness (QED) is 0.858. The number of aliphatic hydroxyl groups is 1. The van der Waals surface area contributed by atoms with Gasteiger partial charge in [-0.25, -0.2) is 4.79 Å². The summed E-state index contributed by atoms with van der Waals surface area (Å²) in [5.74, 6) is -0.212. The van der Waals surface area contributed by atoms with Crippen molar-refractivity contribution in [3.05, 3.63) is 53.6 Å². The van der Waals surface area contributed by atoms with E-state index in [1.54, 1.807) is 12.1 Å². The Labute approximate surface area is 124 Å². The van der Waals surface area contributed by atoms with Gasteiger partial charge in [0.2, 0.25) is 0 Å². The number of hydrogen-bond donors (Lipinski definition) is 1. The van der Waals surface area contributed by atoms with Gasteiger partial charge in [0.1, 0.15) is 0 Å². The van der Waals surface area contributed by atoms with E-state index in [1.807, 2.05) is 36.9 Å². The van der Waals surface area contributed by atoms with Gasteiger partial charge in [-0.15, -0.1) is 0 Å². The normalized spacial score (nSPS) is 12.4. The van der Waals surface area contributed by atoms with Crippen LogP contribution in [-0.4, -0.2) is 27.7 Å². The molecule has 0 saturated carbocycles. The van der Waals surface area contributed by atoms with Crippen molar-refractivity contribution in [1.82, 2.24) is 9.55 Å². The monoisotopic (exact) mass is 288 g/mol. The molecular formula is C16H20N2O3. The molecule has 0 aliphatic carbocycles. The van der Waals surface area contributed by atoms with Gasteiger partial charge in [-0.05, 0) is 29.7 Å². The maximum absolute atomic E-state index is 11.3. The van der Waals surface area contributed by atoms with Crippen molar-refractivity contribution in [2.45, 2.75) is 26.5 Å². The molecule has 2 heterocycles. The van der Waals surface area contributed by atoms with Crippen LogP contribution in [0.25, 0.3) is 0 Å². The van der Waals surface area contributed by atoms with E-state index in [4.69, 9.17) is 0 Å². The van der Waals surface area contributed by atoms with Crippen molar-refractivity contribution in [3.63, 3.8) is 0 Å². The number of aromatic nitrogens is 2. The van der Waals surface area contributed by atoms with Crippen LogP contribution >= 0.6 is 0 Å². The molecule has 0 amide bonds. The summed E-state index contributed by atoms with van der Waals surface area (Å²) >= 11 is 0. The fourth-order valence-electron chi connectivity index (χ4n) is 2.06. The number of carbonyl (C=O) groups excluding carboxylic acids is 1. The molecule has 21 heavy (non-hydrogen) atoms. The van der Waals surface area contributed by atoms with Crippen LogP contribution in [-0.2, 0) is 11.3 Å². The summed E-state index contributed by atoms with van der Waals surface area (Å²) in [7, 11) is 1.34. The Kier molecular flexibility index (Phi) is 4.75. The van der Waals surface area contributed by atoms with Gasteiger partial charge in [0.15, 0.2) is 0 Å². The SMILES string of the molecule is COC(=O)c1ccc(Cn2ccc(C(O)C(C)C)c2)nc1. The topological polar surface area (TPSA) is 64.3 Å². The lowest BCUT2D eigenvalue weighted by Gasteiger charge is -2.12. The average Bonchev–Trinajstić information content (AvgIpc) is 2.94. The molecule has 1 atom stereocenters. The van der Waals surface area contributed by atoms with E-state index in [1.165, 1.54) is 13.3 Å². The first-order valence-corrected chi connectivity index (χ1v) is 6.88. The molecule has 0 aliphatic rings. The molecule has 2 aromatic heterocycles. The van der Waals surface area contributed by atoms with Crippen molar-refractivity contribution in [3.8, 4) is 0 Å². The highest BCUT2D eigenvalue weighted by Crippen LogP contribution is 2.21. The van der Waals surface area contributed by atoms with Crippen molar-refractivity contribution >= 4 is 5.97 Å². The molecule has 5 nitrogen and oxygen atoms in total. The van der Waals surface area contributed by atoms with E-state index < -0.39 is 12.1 Å². The van der Waals surface area contributed by atoms with Crippen LogP contribution in [0.3, 0.4) is 0 Å². The molecule has 0 spiro atoms. The summed E-state index contributed by atoms with van der Waals surface area (Å²) < 4.78 is 6.59. The Balaban J connectivity index is 2.07. The van der Waals surface area contributed by atoms with E-state index >= 15 is 0 Å². The third kappa shape index (κ3) is 3.70. The van der Waals surface area contributed by atoms with Crippen LogP contribution in [0.15, 0.2) is 36.8 Å². The van der Waals surface area contributed by atoms with Gasteiger partial charge in [0, 0.05) is 18.6 Å². The van der Waals surface area contributed by atoms with Crippen molar-refractivity contribution in [2.24, 2.45) is 5.92 Å². The van der Waals surface area contributed by atoms with Crippen LogP contribution in [0, 0.1) is 5.92 Å². The summed E-state index contributed by atoms with van der Waals surface area (Å²) in [5, 5.41) is 10.0. The van der Waals surface area contributed by atoms with Crippen LogP contribution < -0.4 is 0 Å². The van der Waals surface area contributed by atoms with Crippen LogP contribution in [0.2, 0.25) is 0 Å². The molecule has 0 bridgehead atoms. The summed E-state index contributed by atoms with van der Waals surface area (Å²) in [6.45, 7) is 4.55. The van der Waals surface area contributed by atoms with Gasteiger partial charge in [-0.2, -0.15) is 0 Å². The maximum atomic E-state index is 11.3. The lowest BCUT2D eigenvalue weighted by Crippen LogP contribution is -2.05. The molecule has 2 rings (SSSR count). The predicted octanol–water partition coefficient (Wildman–Crippen LogP) is 2.41. The average molecular weight is 288 g/mol. The molecule has 112 valence electrons. The number of aliphatic hydroxyl groups excluding tert-OH is 1. The number of hydrogen-bond acceptors (Lipinski definition) is 4. The predicted molar refractivity (Wildman–Crippen MR) is 78.9 cm³/mol. The highest BCUT2D eigenvalue weighted by atomic mass is 16.5. The van der Waals surface area contributed by atoms with Crippen molar-refractivity contribution < 1.29 is 14.6 Å². The fraction of sp³-hybridized carbons (Fsp3) is 0.375. The molecule has 0 fully saturated rings. The van der Waals surface area contributed by atoms with E-state index in [0.717, 1.165) is 11.3 Å². The molecule has 5 heteroatoms. The highest BCUT2D eigenvalue weighted by molar-refractivity contribution is 5.88. The number of rotatable bonds is 5. The van der Waals surface area contributed by atoms with Gasteiger partial charge in [-0.3, -0.25) is 4.98 Å². The van der Waals surface area contributed by atoms with Crippen molar-refractivity contribution in [2.75, 3.05) is 7.11 Å². The molecule has 0 radical (unpaired) electrons. The first kappa shape index (κ1) is 15.3. The zero-order chi connectivity index (χ0) is 15.4. The van der Waals surface area contributed by atoms with Gasteiger partial charge in [-0.1, -0.05) is 13.8 Å². The molecule has 0 aliphatic heterocycles. The molecule has 1 N–H and O–H groups in total. The highest BCUT2D eigenvalue weighted by Gasteiger charge is 2.13. The second-order valence-electron chi connectivity index (χ2n) is 5.34. The molecule has 0 aromatic carbocycles. The summed E-state index contributed by atoms with van der Waals surface area (Å²) in [5.41, 5.74) is 2.17. The van der Waals surface area contributed by atoms with E-state index in [9.17, 15) is 9.90 Å². The lowest BCUT2D eigenvalue weighted by molar-refractivity contribution is 0.0600. The Morgan fingerprint density at radius 3 is 2.71 bits per heavy atom. The van der Waals surface area contributed by atoms with Crippen LogP contribution in [0.4, 0.5) is 0 Å². The van der Waals surface area contributed by atoms with Crippen LogP contribution in [0.1, 0.15) is 41.6 Å². The number of carbonyl (C=O) groups is 1.